The monoisotopic (exact) mass is 244 g/mol. The molecule has 0 aliphatic heterocycles. The highest BCUT2D eigenvalue weighted by Gasteiger charge is 2.27. The van der Waals surface area contributed by atoms with Gasteiger partial charge in [-0.25, -0.2) is 0 Å². The van der Waals surface area contributed by atoms with Crippen molar-refractivity contribution in [2.45, 2.75) is 25.8 Å². The van der Waals surface area contributed by atoms with Gasteiger partial charge in [-0.05, 0) is 19.8 Å². The molecule has 0 bridgehead atoms. The number of nitro groups is 1. The van der Waals surface area contributed by atoms with Gasteiger partial charge < -0.3 is 4.57 Å². The van der Waals surface area contributed by atoms with Crippen molar-refractivity contribution >= 4 is 5.69 Å². The minimum Gasteiger partial charge on any atom is -0.310 e. The number of aromatic nitrogens is 3. The lowest BCUT2D eigenvalue weighted by Gasteiger charge is -2.07. The van der Waals surface area contributed by atoms with Gasteiger partial charge in [0, 0.05) is 23.2 Å². The summed E-state index contributed by atoms with van der Waals surface area (Å²) in [5, 5.41) is 19.0. The second kappa shape index (κ2) is 3.90. The zero-order chi connectivity index (χ0) is 12.7. The van der Waals surface area contributed by atoms with Crippen molar-refractivity contribution in [2.24, 2.45) is 0 Å². The van der Waals surface area contributed by atoms with Crippen molar-refractivity contribution < 1.29 is 4.92 Å². The van der Waals surface area contributed by atoms with Crippen molar-refractivity contribution in [3.05, 3.63) is 40.2 Å². The fourth-order valence-electron chi connectivity index (χ4n) is 2.12. The van der Waals surface area contributed by atoms with Crippen molar-refractivity contribution in [1.29, 1.82) is 0 Å². The SMILES string of the molecule is Cc1c(-c2nncn2C2CC2)cccc1[N+](=O)[O-]. The molecule has 3 rings (SSSR count). The molecule has 0 N–H and O–H groups in total. The molecule has 1 saturated carbocycles. The molecule has 2 aromatic rings. The first kappa shape index (κ1) is 10.9. The highest BCUT2D eigenvalue weighted by Crippen LogP contribution is 2.38. The van der Waals surface area contributed by atoms with E-state index < -0.39 is 0 Å². The smallest absolute Gasteiger partial charge is 0.273 e. The molecule has 1 aliphatic rings. The van der Waals surface area contributed by atoms with E-state index in [1.807, 2.05) is 10.6 Å². The molecule has 6 heteroatoms. The Kier molecular flexibility index (Phi) is 2.36. The van der Waals surface area contributed by atoms with Crippen LogP contribution in [0, 0.1) is 17.0 Å². The lowest BCUT2D eigenvalue weighted by Crippen LogP contribution is -1.99. The summed E-state index contributed by atoms with van der Waals surface area (Å²) in [4.78, 5) is 10.6. The molecule has 0 radical (unpaired) electrons. The van der Waals surface area contributed by atoms with Crippen LogP contribution in [0.3, 0.4) is 0 Å². The third-order valence-corrected chi connectivity index (χ3v) is 3.26. The third kappa shape index (κ3) is 1.66. The quantitative estimate of drug-likeness (QED) is 0.614. The van der Waals surface area contributed by atoms with Crippen LogP contribution < -0.4 is 0 Å². The van der Waals surface area contributed by atoms with Crippen LogP contribution in [0.25, 0.3) is 11.4 Å². The summed E-state index contributed by atoms with van der Waals surface area (Å²) in [5.74, 6) is 0.721. The van der Waals surface area contributed by atoms with E-state index in [9.17, 15) is 10.1 Å². The van der Waals surface area contributed by atoms with E-state index in [4.69, 9.17) is 0 Å². The van der Waals surface area contributed by atoms with Crippen LogP contribution in [0.15, 0.2) is 24.5 Å². The maximum Gasteiger partial charge on any atom is 0.273 e. The molecule has 1 heterocycles. The van der Waals surface area contributed by atoms with Gasteiger partial charge in [0.1, 0.15) is 6.33 Å². The summed E-state index contributed by atoms with van der Waals surface area (Å²) in [6.07, 6.45) is 3.95. The zero-order valence-electron chi connectivity index (χ0n) is 9.91. The molecule has 0 saturated heterocycles. The average molecular weight is 244 g/mol. The van der Waals surface area contributed by atoms with E-state index in [1.165, 1.54) is 6.07 Å². The van der Waals surface area contributed by atoms with Gasteiger partial charge in [-0.1, -0.05) is 12.1 Å². The Balaban J connectivity index is 2.14. The molecule has 18 heavy (non-hydrogen) atoms. The summed E-state index contributed by atoms with van der Waals surface area (Å²) >= 11 is 0. The lowest BCUT2D eigenvalue weighted by atomic mass is 10.1. The summed E-state index contributed by atoms with van der Waals surface area (Å²) in [6, 6.07) is 5.50. The summed E-state index contributed by atoms with van der Waals surface area (Å²) in [7, 11) is 0. The number of nitro benzene ring substituents is 1. The molecule has 1 aliphatic carbocycles. The van der Waals surface area contributed by atoms with Crippen LogP contribution in [-0.2, 0) is 0 Å². The van der Waals surface area contributed by atoms with E-state index in [1.54, 1.807) is 19.3 Å². The normalized spacial score (nSPS) is 14.7. The topological polar surface area (TPSA) is 73.8 Å². The van der Waals surface area contributed by atoms with Crippen molar-refractivity contribution in [3.8, 4) is 11.4 Å². The molecule has 1 fully saturated rings. The van der Waals surface area contributed by atoms with E-state index >= 15 is 0 Å². The van der Waals surface area contributed by atoms with Crippen LogP contribution >= 0.6 is 0 Å². The molecule has 6 nitrogen and oxygen atoms in total. The minimum atomic E-state index is -0.364. The molecular formula is C12H12N4O2. The van der Waals surface area contributed by atoms with Crippen molar-refractivity contribution in [1.82, 2.24) is 14.8 Å². The Hall–Kier alpha value is -2.24. The number of nitrogens with zero attached hydrogens (tertiary/aromatic N) is 4. The number of hydrogen-bond acceptors (Lipinski definition) is 4. The summed E-state index contributed by atoms with van der Waals surface area (Å²) in [6.45, 7) is 1.75. The van der Waals surface area contributed by atoms with E-state index in [-0.39, 0.29) is 10.6 Å². The number of benzene rings is 1. The molecule has 0 atom stereocenters. The first-order valence-corrected chi connectivity index (χ1v) is 5.82. The van der Waals surface area contributed by atoms with Gasteiger partial charge >= 0.3 is 0 Å². The first-order chi connectivity index (χ1) is 8.68. The third-order valence-electron chi connectivity index (χ3n) is 3.26. The maximum absolute atomic E-state index is 10.9. The number of hydrogen-bond donors (Lipinski definition) is 0. The fourth-order valence-corrected chi connectivity index (χ4v) is 2.12. The van der Waals surface area contributed by atoms with Crippen molar-refractivity contribution in [2.75, 3.05) is 0 Å². The second-order valence-corrected chi connectivity index (χ2v) is 4.50. The molecular weight excluding hydrogens is 232 g/mol. The Labute approximate surface area is 103 Å². The van der Waals surface area contributed by atoms with Gasteiger partial charge in [0.25, 0.3) is 5.69 Å². The Bertz CT molecular complexity index is 616. The Morgan fingerprint density at radius 2 is 2.22 bits per heavy atom. The first-order valence-electron chi connectivity index (χ1n) is 5.82. The van der Waals surface area contributed by atoms with Crippen LogP contribution in [0.1, 0.15) is 24.4 Å². The van der Waals surface area contributed by atoms with Gasteiger partial charge in [0.15, 0.2) is 5.82 Å². The van der Waals surface area contributed by atoms with Gasteiger partial charge in [0.05, 0.1) is 4.92 Å². The van der Waals surface area contributed by atoms with Gasteiger partial charge in [-0.3, -0.25) is 10.1 Å². The largest absolute Gasteiger partial charge is 0.310 e. The van der Waals surface area contributed by atoms with Gasteiger partial charge in [-0.15, -0.1) is 10.2 Å². The van der Waals surface area contributed by atoms with Crippen LogP contribution in [0.5, 0.6) is 0 Å². The highest BCUT2D eigenvalue weighted by atomic mass is 16.6. The fraction of sp³-hybridized carbons (Fsp3) is 0.333. The van der Waals surface area contributed by atoms with Crippen LogP contribution in [-0.4, -0.2) is 19.7 Å². The maximum atomic E-state index is 10.9. The molecule has 1 aromatic carbocycles. The Morgan fingerprint density at radius 1 is 1.44 bits per heavy atom. The standard InChI is InChI=1S/C12H12N4O2/c1-8-10(3-2-4-11(8)16(17)18)12-14-13-7-15(12)9-5-6-9/h2-4,7,9H,5-6H2,1H3. The lowest BCUT2D eigenvalue weighted by molar-refractivity contribution is -0.385. The molecule has 92 valence electrons. The molecule has 0 amide bonds. The summed E-state index contributed by atoms with van der Waals surface area (Å²) < 4.78 is 2.01. The highest BCUT2D eigenvalue weighted by molar-refractivity contribution is 5.66. The van der Waals surface area contributed by atoms with Crippen LogP contribution in [0.2, 0.25) is 0 Å². The second-order valence-electron chi connectivity index (χ2n) is 4.50. The molecule has 0 unspecified atom stereocenters. The van der Waals surface area contributed by atoms with Gasteiger partial charge in [0.2, 0.25) is 0 Å². The predicted octanol–water partition coefficient (Wildman–Crippen LogP) is 2.50. The van der Waals surface area contributed by atoms with Crippen molar-refractivity contribution in [3.63, 3.8) is 0 Å². The number of rotatable bonds is 3. The Morgan fingerprint density at radius 3 is 2.89 bits per heavy atom. The van der Waals surface area contributed by atoms with Gasteiger partial charge in [-0.2, -0.15) is 0 Å². The molecule has 0 spiro atoms. The van der Waals surface area contributed by atoms with E-state index in [0.29, 0.717) is 11.6 Å². The van der Waals surface area contributed by atoms with Crippen LogP contribution in [0.4, 0.5) is 5.69 Å². The molecule has 1 aromatic heterocycles. The zero-order valence-corrected chi connectivity index (χ0v) is 9.91. The predicted molar refractivity (Wildman–Crippen MR) is 65.1 cm³/mol. The van der Waals surface area contributed by atoms with E-state index in [2.05, 4.69) is 10.2 Å². The average Bonchev–Trinajstić information content (AvgIpc) is 3.08. The van der Waals surface area contributed by atoms with E-state index in [0.717, 1.165) is 24.2 Å². The minimum absolute atomic E-state index is 0.123. The summed E-state index contributed by atoms with van der Waals surface area (Å²) in [5.41, 5.74) is 1.55.